The van der Waals surface area contributed by atoms with Crippen LogP contribution >= 0.6 is 0 Å². The van der Waals surface area contributed by atoms with Gasteiger partial charge in [-0.1, -0.05) is 43.8 Å². The van der Waals surface area contributed by atoms with Gasteiger partial charge in [-0.15, -0.1) is 0 Å². The summed E-state index contributed by atoms with van der Waals surface area (Å²) in [5, 5.41) is 0. The number of hydrogen-bond acceptors (Lipinski definition) is 0. The molecule has 1 radical (unpaired) electrons. The van der Waals surface area contributed by atoms with Crippen LogP contribution in [-0.4, -0.2) is 0 Å². The minimum absolute atomic E-state index is 0. The Morgan fingerprint density at radius 1 is 0.500 bits per heavy atom. The Kier molecular flexibility index (Phi) is 9.12. The zero-order valence-electron chi connectivity index (χ0n) is 3.91. The van der Waals surface area contributed by atoms with E-state index in [1.165, 1.54) is 0 Å². The molecule has 1 aromatic carbocycles. The molecule has 0 aliphatic carbocycles. The maximum atomic E-state index is 2.00. The minimum atomic E-state index is 0. The van der Waals surface area contributed by atoms with Crippen molar-refractivity contribution in [2.24, 2.45) is 0 Å². The SMILES string of the molecule is C.[V].c1ccccc1. The summed E-state index contributed by atoms with van der Waals surface area (Å²) in [6.07, 6.45) is 0. The van der Waals surface area contributed by atoms with Gasteiger partial charge in [-0.2, -0.15) is 0 Å². The van der Waals surface area contributed by atoms with Crippen LogP contribution in [0.3, 0.4) is 0 Å². The van der Waals surface area contributed by atoms with Crippen molar-refractivity contribution in [3.8, 4) is 0 Å². The second-order valence-electron chi connectivity index (χ2n) is 1.15. The molecule has 0 nitrogen and oxygen atoms in total. The molecule has 0 amide bonds. The van der Waals surface area contributed by atoms with Gasteiger partial charge < -0.3 is 0 Å². The predicted octanol–water partition coefficient (Wildman–Crippen LogP) is 2.32. The molecule has 43 valence electrons. The van der Waals surface area contributed by atoms with Crippen LogP contribution in [0.1, 0.15) is 7.43 Å². The quantitative estimate of drug-likeness (QED) is 0.525. The minimum Gasteiger partial charge on any atom is -0.0776 e. The molecule has 0 spiro atoms. The van der Waals surface area contributed by atoms with Crippen LogP contribution in [0.2, 0.25) is 0 Å². The topological polar surface area (TPSA) is 0 Å². The molecule has 0 aliphatic rings. The van der Waals surface area contributed by atoms with Crippen LogP contribution < -0.4 is 0 Å². The fourth-order valence-electron chi connectivity index (χ4n) is 0.385. The van der Waals surface area contributed by atoms with Gasteiger partial charge in [0.2, 0.25) is 0 Å². The number of hydrogen-bond donors (Lipinski definition) is 0. The summed E-state index contributed by atoms with van der Waals surface area (Å²) in [7, 11) is 0. The molecular formula is C7H10V. The van der Waals surface area contributed by atoms with Crippen LogP contribution in [0.15, 0.2) is 36.4 Å². The molecule has 0 saturated carbocycles. The van der Waals surface area contributed by atoms with Gasteiger partial charge in [0.25, 0.3) is 0 Å². The first-order chi connectivity index (χ1) is 3.00. The maximum Gasteiger partial charge on any atom is 0 e. The number of benzene rings is 1. The molecule has 0 unspecified atom stereocenters. The molecule has 0 aromatic heterocycles. The largest absolute Gasteiger partial charge is 0.0776 e. The second-order valence-corrected chi connectivity index (χ2v) is 1.15. The van der Waals surface area contributed by atoms with Crippen molar-refractivity contribution >= 4 is 0 Å². The Morgan fingerprint density at radius 2 is 0.625 bits per heavy atom. The van der Waals surface area contributed by atoms with Crippen LogP contribution in [0.5, 0.6) is 0 Å². The second kappa shape index (κ2) is 6.80. The summed E-state index contributed by atoms with van der Waals surface area (Å²) in [6.45, 7) is 0. The normalized spacial score (nSPS) is 6.00. The van der Waals surface area contributed by atoms with E-state index in [9.17, 15) is 0 Å². The van der Waals surface area contributed by atoms with E-state index in [0.717, 1.165) is 0 Å². The van der Waals surface area contributed by atoms with E-state index in [0.29, 0.717) is 0 Å². The molecule has 0 aliphatic heterocycles. The van der Waals surface area contributed by atoms with Crippen LogP contribution in [0.25, 0.3) is 0 Å². The van der Waals surface area contributed by atoms with Gasteiger partial charge in [-0.05, 0) is 0 Å². The Bertz CT molecular complexity index is 76.3. The third kappa shape index (κ3) is 3.98. The maximum absolute atomic E-state index is 2.00. The molecule has 0 N–H and O–H groups in total. The van der Waals surface area contributed by atoms with Crippen molar-refractivity contribution in [1.29, 1.82) is 0 Å². The van der Waals surface area contributed by atoms with Gasteiger partial charge in [0.05, 0.1) is 0 Å². The molecule has 0 bridgehead atoms. The molecule has 0 heterocycles. The van der Waals surface area contributed by atoms with Gasteiger partial charge in [0.15, 0.2) is 0 Å². The Labute approximate surface area is 62.8 Å². The Morgan fingerprint density at radius 3 is 0.750 bits per heavy atom. The molecule has 1 rings (SSSR count). The summed E-state index contributed by atoms with van der Waals surface area (Å²) in [6, 6.07) is 12.0. The van der Waals surface area contributed by atoms with Crippen molar-refractivity contribution in [2.45, 2.75) is 7.43 Å². The predicted molar refractivity (Wildman–Crippen MR) is 33.2 cm³/mol. The summed E-state index contributed by atoms with van der Waals surface area (Å²) in [5.41, 5.74) is 0. The molecule has 8 heavy (non-hydrogen) atoms. The van der Waals surface area contributed by atoms with E-state index < -0.39 is 0 Å². The zero-order valence-corrected chi connectivity index (χ0v) is 5.31. The monoisotopic (exact) mass is 145 g/mol. The zero-order chi connectivity index (χ0) is 4.24. The molecule has 1 aromatic rings. The summed E-state index contributed by atoms with van der Waals surface area (Å²) >= 11 is 0. The summed E-state index contributed by atoms with van der Waals surface area (Å²) in [4.78, 5) is 0. The number of rotatable bonds is 0. The summed E-state index contributed by atoms with van der Waals surface area (Å²) in [5.74, 6) is 0. The Balaban J connectivity index is 0. The fourth-order valence-corrected chi connectivity index (χ4v) is 0.385. The van der Waals surface area contributed by atoms with E-state index in [-0.39, 0.29) is 26.0 Å². The average molecular weight is 145 g/mol. The fraction of sp³-hybridized carbons (Fsp3) is 0.143. The molecular weight excluding hydrogens is 135 g/mol. The van der Waals surface area contributed by atoms with E-state index in [2.05, 4.69) is 0 Å². The molecule has 0 saturated heterocycles. The third-order valence-corrected chi connectivity index (χ3v) is 0.667. The smallest absolute Gasteiger partial charge is 0 e. The van der Waals surface area contributed by atoms with Gasteiger partial charge in [-0.3, -0.25) is 0 Å². The third-order valence-electron chi connectivity index (χ3n) is 0.667. The van der Waals surface area contributed by atoms with Crippen molar-refractivity contribution in [2.75, 3.05) is 0 Å². The van der Waals surface area contributed by atoms with Crippen molar-refractivity contribution in [3.63, 3.8) is 0 Å². The van der Waals surface area contributed by atoms with Gasteiger partial charge in [0.1, 0.15) is 0 Å². The van der Waals surface area contributed by atoms with Crippen LogP contribution in [0.4, 0.5) is 0 Å². The van der Waals surface area contributed by atoms with Crippen molar-refractivity contribution in [3.05, 3.63) is 36.4 Å². The summed E-state index contributed by atoms with van der Waals surface area (Å²) < 4.78 is 0. The standard InChI is InChI=1S/C6H6.CH4.V/c1-2-4-6-5-3-1;;/h1-6H;1H4;. The van der Waals surface area contributed by atoms with Crippen molar-refractivity contribution < 1.29 is 18.6 Å². The van der Waals surface area contributed by atoms with E-state index >= 15 is 0 Å². The van der Waals surface area contributed by atoms with Crippen molar-refractivity contribution in [1.82, 2.24) is 0 Å². The molecule has 0 fully saturated rings. The molecule has 1 heteroatoms. The van der Waals surface area contributed by atoms with Crippen LogP contribution in [0, 0.1) is 0 Å². The average Bonchev–Trinajstić information content (AvgIpc) is 1.72. The van der Waals surface area contributed by atoms with Gasteiger partial charge in [0, 0.05) is 18.6 Å². The first kappa shape index (κ1) is 10.7. The molecule has 0 atom stereocenters. The van der Waals surface area contributed by atoms with E-state index in [1.807, 2.05) is 36.4 Å². The Hall–Kier alpha value is -0.196. The van der Waals surface area contributed by atoms with E-state index in [4.69, 9.17) is 0 Å². The van der Waals surface area contributed by atoms with E-state index in [1.54, 1.807) is 0 Å². The first-order valence-electron chi connectivity index (χ1n) is 2.00. The van der Waals surface area contributed by atoms with Gasteiger partial charge in [-0.25, -0.2) is 0 Å². The van der Waals surface area contributed by atoms with Gasteiger partial charge >= 0.3 is 0 Å². The first-order valence-corrected chi connectivity index (χ1v) is 2.00. The van der Waals surface area contributed by atoms with Crippen LogP contribution in [-0.2, 0) is 18.6 Å².